The molecule has 0 aliphatic carbocycles. The second kappa shape index (κ2) is 13.8. The third-order valence-corrected chi connectivity index (χ3v) is 4.63. The molecular formula is C24H27IN6. The van der Waals surface area contributed by atoms with Crippen molar-refractivity contribution in [2.24, 2.45) is 0 Å². The molecule has 0 saturated heterocycles. The molecule has 0 aliphatic rings. The Labute approximate surface area is 197 Å². The standard InChI is InChI=1S/C12H13N3.C6H5I.C6H9N3/c1-13-12-11(8-5-9-14-12)15-10-6-3-2-4-7-10;7-6-4-2-1-3-5-6;1-8-6-5(7)3-2-4-9-6/h2-9,15H,1H3,(H,13,14);1-5H;2-4H,7H2,1H3,(H,8,9). The van der Waals surface area contributed by atoms with Crippen LogP contribution in [0.5, 0.6) is 0 Å². The molecule has 0 radical (unpaired) electrons. The van der Waals surface area contributed by atoms with E-state index < -0.39 is 0 Å². The molecule has 2 heterocycles. The molecule has 0 aliphatic heterocycles. The molecule has 0 spiro atoms. The maximum absolute atomic E-state index is 5.51. The number of halogens is 1. The predicted molar refractivity (Wildman–Crippen MR) is 141 cm³/mol. The molecule has 160 valence electrons. The highest BCUT2D eigenvalue weighted by molar-refractivity contribution is 14.1. The van der Waals surface area contributed by atoms with E-state index in [2.05, 4.69) is 60.6 Å². The smallest absolute Gasteiger partial charge is 0.149 e. The largest absolute Gasteiger partial charge is 0.396 e. The molecule has 0 unspecified atom stereocenters. The number of nitrogens with two attached hydrogens (primary N) is 1. The summed E-state index contributed by atoms with van der Waals surface area (Å²) in [6, 6.07) is 27.8. The zero-order valence-corrected chi connectivity index (χ0v) is 19.7. The molecule has 5 N–H and O–H groups in total. The second-order valence-corrected chi connectivity index (χ2v) is 7.37. The molecule has 4 aromatic rings. The summed E-state index contributed by atoms with van der Waals surface area (Å²) in [5.41, 5.74) is 8.22. The summed E-state index contributed by atoms with van der Waals surface area (Å²) in [4.78, 5) is 8.18. The summed E-state index contributed by atoms with van der Waals surface area (Å²) in [6.45, 7) is 0. The number of pyridine rings is 2. The third kappa shape index (κ3) is 8.91. The molecule has 0 bridgehead atoms. The second-order valence-electron chi connectivity index (χ2n) is 6.13. The van der Waals surface area contributed by atoms with E-state index in [0.717, 1.165) is 23.0 Å². The summed E-state index contributed by atoms with van der Waals surface area (Å²) >= 11 is 2.28. The SMILES string of the molecule is CNc1ncccc1N.CNc1ncccc1Nc1ccccc1.Ic1ccccc1. The molecule has 0 fully saturated rings. The molecule has 4 rings (SSSR count). The van der Waals surface area contributed by atoms with Crippen LogP contribution in [0.1, 0.15) is 0 Å². The summed E-state index contributed by atoms with van der Waals surface area (Å²) < 4.78 is 1.29. The van der Waals surface area contributed by atoms with E-state index in [-0.39, 0.29) is 0 Å². The van der Waals surface area contributed by atoms with Gasteiger partial charge in [-0.15, -0.1) is 0 Å². The highest BCUT2D eigenvalue weighted by Crippen LogP contribution is 2.21. The molecule has 7 heteroatoms. The number of anilines is 5. The van der Waals surface area contributed by atoms with E-state index in [4.69, 9.17) is 5.73 Å². The monoisotopic (exact) mass is 526 g/mol. The van der Waals surface area contributed by atoms with Crippen molar-refractivity contribution in [1.82, 2.24) is 9.97 Å². The maximum atomic E-state index is 5.51. The molecule has 0 atom stereocenters. The van der Waals surface area contributed by atoms with Crippen LogP contribution in [0, 0.1) is 3.57 Å². The minimum atomic E-state index is 0.681. The van der Waals surface area contributed by atoms with E-state index in [1.165, 1.54) is 3.57 Å². The first-order valence-corrected chi connectivity index (χ1v) is 10.8. The lowest BCUT2D eigenvalue weighted by molar-refractivity contribution is 1.28. The van der Waals surface area contributed by atoms with Gasteiger partial charge in [0.15, 0.2) is 0 Å². The van der Waals surface area contributed by atoms with Crippen LogP contribution in [0.3, 0.4) is 0 Å². The zero-order valence-electron chi connectivity index (χ0n) is 17.6. The van der Waals surface area contributed by atoms with Crippen LogP contribution in [0.25, 0.3) is 0 Å². The van der Waals surface area contributed by atoms with E-state index in [9.17, 15) is 0 Å². The van der Waals surface area contributed by atoms with Gasteiger partial charge in [-0.25, -0.2) is 9.97 Å². The van der Waals surface area contributed by atoms with E-state index in [1.54, 1.807) is 31.6 Å². The molecular weight excluding hydrogens is 499 g/mol. The van der Waals surface area contributed by atoms with Gasteiger partial charge >= 0.3 is 0 Å². The summed E-state index contributed by atoms with van der Waals surface area (Å²) in [5, 5.41) is 9.20. The number of hydrogen-bond acceptors (Lipinski definition) is 6. The Morgan fingerprint density at radius 1 is 0.677 bits per heavy atom. The summed E-state index contributed by atoms with van der Waals surface area (Å²) in [7, 11) is 3.65. The number of hydrogen-bond donors (Lipinski definition) is 4. The fourth-order valence-corrected chi connectivity index (χ4v) is 2.84. The van der Waals surface area contributed by atoms with Gasteiger partial charge in [-0.1, -0.05) is 36.4 Å². The predicted octanol–water partition coefficient (Wildman–Crippen LogP) is 5.86. The number of benzene rings is 2. The van der Waals surface area contributed by atoms with Gasteiger partial charge in [0.1, 0.15) is 11.6 Å². The van der Waals surface area contributed by atoms with E-state index >= 15 is 0 Å². The first-order valence-electron chi connectivity index (χ1n) is 9.67. The Morgan fingerprint density at radius 3 is 1.71 bits per heavy atom. The van der Waals surface area contributed by atoms with Crippen LogP contribution >= 0.6 is 22.6 Å². The normalized spacial score (nSPS) is 9.26. The van der Waals surface area contributed by atoms with Gasteiger partial charge in [-0.2, -0.15) is 0 Å². The Morgan fingerprint density at radius 2 is 1.23 bits per heavy atom. The van der Waals surface area contributed by atoms with Crippen molar-refractivity contribution in [2.75, 3.05) is 35.8 Å². The molecule has 0 amide bonds. The highest BCUT2D eigenvalue weighted by Gasteiger charge is 2.00. The van der Waals surface area contributed by atoms with Crippen LogP contribution in [-0.4, -0.2) is 24.1 Å². The van der Waals surface area contributed by atoms with Crippen molar-refractivity contribution in [1.29, 1.82) is 0 Å². The zero-order chi connectivity index (χ0) is 22.3. The Kier molecular flexibility index (Phi) is 10.7. The lowest BCUT2D eigenvalue weighted by Gasteiger charge is -2.09. The van der Waals surface area contributed by atoms with Crippen molar-refractivity contribution >= 4 is 51.3 Å². The van der Waals surface area contributed by atoms with Gasteiger partial charge in [0.25, 0.3) is 0 Å². The van der Waals surface area contributed by atoms with E-state index in [1.807, 2.05) is 67.7 Å². The Bertz CT molecular complexity index is 1010. The van der Waals surface area contributed by atoms with Gasteiger partial charge in [0, 0.05) is 35.7 Å². The lowest BCUT2D eigenvalue weighted by Crippen LogP contribution is -1.98. The summed E-state index contributed by atoms with van der Waals surface area (Å²) in [5.74, 6) is 1.58. The highest BCUT2D eigenvalue weighted by atomic mass is 127. The van der Waals surface area contributed by atoms with Crippen LogP contribution in [0.15, 0.2) is 97.3 Å². The fourth-order valence-electron chi connectivity index (χ4n) is 2.42. The molecule has 2 aromatic heterocycles. The Hall–Kier alpha value is -3.33. The first kappa shape index (κ1) is 23.9. The average Bonchev–Trinajstić information content (AvgIpc) is 2.82. The van der Waals surface area contributed by atoms with Gasteiger partial charge < -0.3 is 21.7 Å². The number of nitrogen functional groups attached to an aromatic ring is 1. The molecule has 31 heavy (non-hydrogen) atoms. The van der Waals surface area contributed by atoms with Crippen LogP contribution in [0.2, 0.25) is 0 Å². The van der Waals surface area contributed by atoms with Crippen LogP contribution < -0.4 is 21.7 Å². The fraction of sp³-hybridized carbons (Fsp3) is 0.0833. The van der Waals surface area contributed by atoms with Crippen molar-refractivity contribution < 1.29 is 0 Å². The third-order valence-electron chi connectivity index (χ3n) is 3.91. The number of rotatable bonds is 4. The van der Waals surface area contributed by atoms with Crippen molar-refractivity contribution in [3.63, 3.8) is 0 Å². The van der Waals surface area contributed by atoms with Gasteiger partial charge in [0.05, 0.1) is 11.4 Å². The summed E-state index contributed by atoms with van der Waals surface area (Å²) in [6.07, 6.45) is 3.46. The quantitative estimate of drug-likeness (QED) is 0.249. The maximum Gasteiger partial charge on any atom is 0.149 e. The number of nitrogens with one attached hydrogen (secondary N) is 3. The molecule has 2 aromatic carbocycles. The van der Waals surface area contributed by atoms with Gasteiger partial charge in [-0.05, 0) is 71.1 Å². The van der Waals surface area contributed by atoms with Gasteiger partial charge in [0.2, 0.25) is 0 Å². The lowest BCUT2D eigenvalue weighted by atomic mass is 10.3. The minimum Gasteiger partial charge on any atom is -0.396 e. The van der Waals surface area contributed by atoms with Crippen molar-refractivity contribution in [3.05, 3.63) is 101 Å². The van der Waals surface area contributed by atoms with Crippen molar-refractivity contribution in [2.45, 2.75) is 0 Å². The molecule has 0 saturated carbocycles. The first-order chi connectivity index (χ1) is 15.1. The average molecular weight is 526 g/mol. The van der Waals surface area contributed by atoms with Gasteiger partial charge in [-0.3, -0.25) is 0 Å². The minimum absolute atomic E-state index is 0.681. The van der Waals surface area contributed by atoms with E-state index in [0.29, 0.717) is 5.69 Å². The number of aromatic nitrogens is 2. The van der Waals surface area contributed by atoms with Crippen LogP contribution in [0.4, 0.5) is 28.7 Å². The topological polar surface area (TPSA) is 87.9 Å². The number of nitrogens with zero attached hydrogens (tertiary/aromatic N) is 2. The van der Waals surface area contributed by atoms with Crippen LogP contribution in [-0.2, 0) is 0 Å². The number of para-hydroxylation sites is 1. The Balaban J connectivity index is 0.000000181. The molecule has 6 nitrogen and oxygen atoms in total. The van der Waals surface area contributed by atoms with Crippen molar-refractivity contribution in [3.8, 4) is 0 Å².